The number of fused-ring (bicyclic) bond motifs is 1. The van der Waals surface area contributed by atoms with E-state index in [2.05, 4.69) is 10.4 Å². The summed E-state index contributed by atoms with van der Waals surface area (Å²) in [6, 6.07) is 4.99. The van der Waals surface area contributed by atoms with Gasteiger partial charge in [0.2, 0.25) is 0 Å². The molecule has 0 spiro atoms. The number of hydrogen-bond acceptors (Lipinski definition) is 3. The Morgan fingerprint density at radius 1 is 1.42 bits per heavy atom. The molecule has 1 aromatic heterocycles. The standard InChI is InChI=1S/C16H20F2N4O2/c1-11(2)22-14-7-13(4-3-12(14)8-19-22)20-15(23)21-5-6-24-10-16(17,18)9-21/h3-4,7-8,11H,5-6,9-10H2,1-2H3,(H,20,23). The lowest BCUT2D eigenvalue weighted by atomic mass is 10.2. The first-order valence-electron chi connectivity index (χ1n) is 7.84. The highest BCUT2D eigenvalue weighted by Gasteiger charge is 2.36. The summed E-state index contributed by atoms with van der Waals surface area (Å²) >= 11 is 0. The van der Waals surface area contributed by atoms with Gasteiger partial charge in [-0.25, -0.2) is 13.6 Å². The molecular formula is C16H20F2N4O2. The van der Waals surface area contributed by atoms with Gasteiger partial charge in [0, 0.05) is 23.7 Å². The van der Waals surface area contributed by atoms with Crippen molar-refractivity contribution in [1.82, 2.24) is 14.7 Å². The van der Waals surface area contributed by atoms with Crippen molar-refractivity contribution in [3.8, 4) is 0 Å². The molecule has 1 aliphatic rings. The highest BCUT2D eigenvalue weighted by molar-refractivity contribution is 5.92. The van der Waals surface area contributed by atoms with Gasteiger partial charge < -0.3 is 15.0 Å². The molecule has 130 valence electrons. The van der Waals surface area contributed by atoms with Crippen LogP contribution in [0.15, 0.2) is 24.4 Å². The van der Waals surface area contributed by atoms with Crippen molar-refractivity contribution in [1.29, 1.82) is 0 Å². The molecule has 8 heteroatoms. The van der Waals surface area contributed by atoms with Gasteiger partial charge in [-0.1, -0.05) is 0 Å². The molecule has 0 atom stereocenters. The van der Waals surface area contributed by atoms with Crippen molar-refractivity contribution < 1.29 is 18.3 Å². The predicted octanol–water partition coefficient (Wildman–Crippen LogP) is 3.12. The summed E-state index contributed by atoms with van der Waals surface area (Å²) in [6.45, 7) is 2.95. The molecule has 1 saturated heterocycles. The van der Waals surface area contributed by atoms with E-state index in [0.717, 1.165) is 15.8 Å². The van der Waals surface area contributed by atoms with Crippen molar-refractivity contribution >= 4 is 22.6 Å². The molecule has 0 aliphatic carbocycles. The summed E-state index contributed by atoms with van der Waals surface area (Å²) in [7, 11) is 0. The van der Waals surface area contributed by atoms with E-state index in [1.54, 1.807) is 18.3 Å². The highest BCUT2D eigenvalue weighted by Crippen LogP contribution is 2.23. The van der Waals surface area contributed by atoms with Crippen molar-refractivity contribution in [3.63, 3.8) is 0 Å². The molecule has 1 N–H and O–H groups in total. The van der Waals surface area contributed by atoms with E-state index < -0.39 is 25.1 Å². The second kappa shape index (κ2) is 6.35. The molecule has 2 aromatic rings. The zero-order valence-corrected chi connectivity index (χ0v) is 13.6. The maximum atomic E-state index is 13.6. The lowest BCUT2D eigenvalue weighted by Crippen LogP contribution is -2.43. The van der Waals surface area contributed by atoms with E-state index in [4.69, 9.17) is 4.74 Å². The van der Waals surface area contributed by atoms with Crippen LogP contribution in [-0.4, -0.2) is 52.9 Å². The van der Waals surface area contributed by atoms with Crippen LogP contribution in [0.2, 0.25) is 0 Å². The van der Waals surface area contributed by atoms with Crippen molar-refractivity contribution in [2.24, 2.45) is 0 Å². The first-order valence-corrected chi connectivity index (χ1v) is 7.84. The van der Waals surface area contributed by atoms with Crippen molar-refractivity contribution in [2.75, 3.05) is 31.6 Å². The maximum absolute atomic E-state index is 13.6. The predicted molar refractivity (Wildman–Crippen MR) is 86.5 cm³/mol. The van der Waals surface area contributed by atoms with Crippen LogP contribution in [0.1, 0.15) is 19.9 Å². The van der Waals surface area contributed by atoms with Gasteiger partial charge in [0.05, 0.1) is 24.9 Å². The minimum atomic E-state index is -3.03. The number of ether oxygens (including phenoxy) is 1. The normalized spacial score (nSPS) is 18.0. The van der Waals surface area contributed by atoms with E-state index in [-0.39, 0.29) is 19.2 Å². The number of amides is 2. The Bertz CT molecular complexity index is 745. The number of alkyl halides is 2. The van der Waals surface area contributed by atoms with Crippen LogP contribution in [0.5, 0.6) is 0 Å². The van der Waals surface area contributed by atoms with E-state index in [9.17, 15) is 13.6 Å². The molecular weight excluding hydrogens is 318 g/mol. The molecule has 24 heavy (non-hydrogen) atoms. The third-order valence-electron chi connectivity index (χ3n) is 3.87. The van der Waals surface area contributed by atoms with Gasteiger partial charge in [0.1, 0.15) is 6.61 Å². The lowest BCUT2D eigenvalue weighted by Gasteiger charge is -2.23. The topological polar surface area (TPSA) is 59.4 Å². The van der Waals surface area contributed by atoms with Gasteiger partial charge in [0.15, 0.2) is 0 Å². The van der Waals surface area contributed by atoms with Crippen LogP contribution < -0.4 is 5.32 Å². The minimum Gasteiger partial charge on any atom is -0.373 e. The zero-order valence-electron chi connectivity index (χ0n) is 13.6. The Morgan fingerprint density at radius 3 is 2.96 bits per heavy atom. The highest BCUT2D eigenvalue weighted by atomic mass is 19.3. The van der Waals surface area contributed by atoms with E-state index >= 15 is 0 Å². The fraction of sp³-hybridized carbons (Fsp3) is 0.500. The molecule has 3 rings (SSSR count). The smallest absolute Gasteiger partial charge is 0.322 e. The van der Waals surface area contributed by atoms with E-state index in [1.807, 2.05) is 24.6 Å². The number of anilines is 1. The summed E-state index contributed by atoms with van der Waals surface area (Å²) < 4.78 is 33.8. The number of nitrogens with zero attached hydrogens (tertiary/aromatic N) is 3. The Morgan fingerprint density at radius 2 is 2.21 bits per heavy atom. The first kappa shape index (κ1) is 16.6. The van der Waals surface area contributed by atoms with Crippen LogP contribution in [0, 0.1) is 0 Å². The van der Waals surface area contributed by atoms with Crippen molar-refractivity contribution in [3.05, 3.63) is 24.4 Å². The van der Waals surface area contributed by atoms with Gasteiger partial charge in [-0.3, -0.25) is 4.68 Å². The SMILES string of the molecule is CC(C)n1ncc2ccc(NC(=O)N3CCOCC(F)(F)C3)cc21. The molecule has 1 aliphatic heterocycles. The molecule has 0 bridgehead atoms. The largest absolute Gasteiger partial charge is 0.373 e. The number of aromatic nitrogens is 2. The summed E-state index contributed by atoms with van der Waals surface area (Å²) in [5.74, 6) is -3.03. The quantitative estimate of drug-likeness (QED) is 0.915. The van der Waals surface area contributed by atoms with Crippen LogP contribution in [0.3, 0.4) is 0 Å². The summed E-state index contributed by atoms with van der Waals surface area (Å²) in [4.78, 5) is 13.4. The molecule has 2 heterocycles. The number of rotatable bonds is 2. The Labute approximate surface area is 138 Å². The number of hydrogen-bond donors (Lipinski definition) is 1. The monoisotopic (exact) mass is 338 g/mol. The van der Waals surface area contributed by atoms with Crippen LogP contribution >= 0.6 is 0 Å². The second-order valence-electron chi connectivity index (χ2n) is 6.22. The molecule has 0 unspecified atom stereocenters. The van der Waals surface area contributed by atoms with Crippen LogP contribution in [0.4, 0.5) is 19.3 Å². The Hall–Kier alpha value is -2.22. The average Bonchev–Trinajstić information content (AvgIpc) is 2.84. The van der Waals surface area contributed by atoms with Gasteiger partial charge in [-0.05, 0) is 32.0 Å². The summed E-state index contributed by atoms with van der Waals surface area (Å²) in [5, 5.41) is 7.95. The minimum absolute atomic E-state index is 0.0994. The first-order chi connectivity index (χ1) is 11.4. The van der Waals surface area contributed by atoms with E-state index in [0.29, 0.717) is 5.69 Å². The zero-order chi connectivity index (χ0) is 17.3. The second-order valence-corrected chi connectivity index (χ2v) is 6.22. The van der Waals surface area contributed by atoms with Crippen molar-refractivity contribution in [2.45, 2.75) is 25.8 Å². The number of carbonyl (C=O) groups excluding carboxylic acids is 1. The third kappa shape index (κ3) is 3.48. The number of halogens is 2. The number of nitrogens with one attached hydrogen (secondary N) is 1. The van der Waals surface area contributed by atoms with Gasteiger partial charge in [-0.2, -0.15) is 5.10 Å². The Kier molecular flexibility index (Phi) is 4.40. The molecule has 1 aromatic carbocycles. The molecule has 0 saturated carbocycles. The molecule has 0 radical (unpaired) electrons. The summed E-state index contributed by atoms with van der Waals surface area (Å²) in [5.41, 5.74) is 1.43. The Balaban J connectivity index is 1.78. The van der Waals surface area contributed by atoms with Crippen LogP contribution in [0.25, 0.3) is 10.9 Å². The molecule has 1 fully saturated rings. The third-order valence-corrected chi connectivity index (χ3v) is 3.87. The molecule has 6 nitrogen and oxygen atoms in total. The lowest BCUT2D eigenvalue weighted by molar-refractivity contribution is -0.0648. The van der Waals surface area contributed by atoms with E-state index in [1.165, 1.54) is 0 Å². The number of benzene rings is 1. The fourth-order valence-electron chi connectivity index (χ4n) is 2.70. The average molecular weight is 338 g/mol. The van der Waals surface area contributed by atoms with Gasteiger partial charge in [-0.15, -0.1) is 0 Å². The fourth-order valence-corrected chi connectivity index (χ4v) is 2.70. The van der Waals surface area contributed by atoms with Gasteiger partial charge in [0.25, 0.3) is 5.92 Å². The number of urea groups is 1. The summed E-state index contributed by atoms with van der Waals surface area (Å²) in [6.07, 6.45) is 1.76. The molecule has 2 amide bonds. The maximum Gasteiger partial charge on any atom is 0.322 e. The number of carbonyl (C=O) groups is 1. The van der Waals surface area contributed by atoms with Crippen LogP contribution in [-0.2, 0) is 4.74 Å². The van der Waals surface area contributed by atoms with Gasteiger partial charge >= 0.3 is 6.03 Å².